The van der Waals surface area contributed by atoms with E-state index in [1.54, 1.807) is 12.1 Å². The van der Waals surface area contributed by atoms with Gasteiger partial charge in [-0.05, 0) is 106 Å². The van der Waals surface area contributed by atoms with Gasteiger partial charge < -0.3 is 10.6 Å². The van der Waals surface area contributed by atoms with Crippen LogP contribution in [0.2, 0.25) is 0 Å². The highest BCUT2D eigenvalue weighted by Gasteiger charge is 2.51. The predicted octanol–water partition coefficient (Wildman–Crippen LogP) is 5.03. The molecule has 7 heteroatoms. The summed E-state index contributed by atoms with van der Waals surface area (Å²) in [6, 6.07) is 13.2. The molecule has 1 aliphatic heterocycles. The minimum Gasteiger partial charge on any atom is -0.378 e. The summed E-state index contributed by atoms with van der Waals surface area (Å²) in [5, 5.41) is 7.01. The van der Waals surface area contributed by atoms with Gasteiger partial charge in [-0.25, -0.2) is 8.42 Å². The first-order chi connectivity index (χ1) is 16.2. The zero-order valence-corrected chi connectivity index (χ0v) is 20.7. The number of anilines is 3. The van der Waals surface area contributed by atoms with Gasteiger partial charge in [-0.2, -0.15) is 0 Å². The summed E-state index contributed by atoms with van der Waals surface area (Å²) in [5.74, 6) is 2.37. The fourth-order valence-electron chi connectivity index (χ4n) is 7.69. The van der Waals surface area contributed by atoms with Gasteiger partial charge >= 0.3 is 0 Å². The van der Waals surface area contributed by atoms with E-state index in [-0.39, 0.29) is 17.5 Å². The summed E-state index contributed by atoms with van der Waals surface area (Å²) < 4.78 is 25.9. The van der Waals surface area contributed by atoms with Gasteiger partial charge in [0.25, 0.3) is 5.91 Å². The molecule has 0 spiro atoms. The van der Waals surface area contributed by atoms with E-state index in [2.05, 4.69) is 16.7 Å². The van der Waals surface area contributed by atoms with Crippen LogP contribution >= 0.6 is 0 Å². The third-order valence-electron chi connectivity index (χ3n) is 8.47. The molecule has 0 aromatic heterocycles. The van der Waals surface area contributed by atoms with Crippen molar-refractivity contribution >= 4 is 33.0 Å². The number of para-hydroxylation sites is 2. The molecule has 0 radical (unpaired) electrons. The van der Waals surface area contributed by atoms with E-state index in [0.717, 1.165) is 34.7 Å². The fraction of sp³-hybridized carbons (Fsp3) is 0.519. The number of nitrogens with zero attached hydrogens (tertiary/aromatic N) is 1. The van der Waals surface area contributed by atoms with Crippen molar-refractivity contribution in [1.82, 2.24) is 0 Å². The monoisotopic (exact) mass is 479 g/mol. The standard InChI is InChI=1S/C27H33N3O3S/c1-17-9-22-13-21(7-8-25(22)30(17)34(2,32)33)26(31)28-23-5-3-4-6-24(23)29-27-14-18-10-19(15-27)12-20(11-18)16-27/h3-8,13,17-20,29H,9-12,14-16H2,1-2H3,(H,28,31). The second-order valence-electron chi connectivity index (χ2n) is 11.3. The van der Waals surface area contributed by atoms with Crippen molar-refractivity contribution in [3.8, 4) is 0 Å². The Kier molecular flexibility index (Phi) is 5.00. The number of amides is 1. The molecular formula is C27H33N3O3S. The fourth-order valence-corrected chi connectivity index (χ4v) is 8.96. The lowest BCUT2D eigenvalue weighted by Gasteiger charge is -2.57. The van der Waals surface area contributed by atoms with E-state index < -0.39 is 10.0 Å². The van der Waals surface area contributed by atoms with Crippen LogP contribution in [0.1, 0.15) is 61.4 Å². The zero-order chi connectivity index (χ0) is 23.7. The van der Waals surface area contributed by atoms with Crippen molar-refractivity contribution in [3.63, 3.8) is 0 Å². The average molecular weight is 480 g/mol. The molecule has 5 aliphatic rings. The van der Waals surface area contributed by atoms with Crippen LogP contribution in [0.15, 0.2) is 42.5 Å². The molecule has 4 bridgehead atoms. The van der Waals surface area contributed by atoms with Gasteiger partial charge in [-0.15, -0.1) is 0 Å². The Morgan fingerprint density at radius 1 is 0.971 bits per heavy atom. The quantitative estimate of drug-likeness (QED) is 0.630. The Hall–Kier alpha value is -2.54. The summed E-state index contributed by atoms with van der Waals surface area (Å²) in [6.07, 6.45) is 9.73. The molecule has 7 rings (SSSR count). The number of hydrogen-bond acceptors (Lipinski definition) is 4. The summed E-state index contributed by atoms with van der Waals surface area (Å²) in [5.41, 5.74) is 4.08. The van der Waals surface area contributed by atoms with Crippen LogP contribution < -0.4 is 14.9 Å². The first-order valence-electron chi connectivity index (χ1n) is 12.5. The minimum absolute atomic E-state index is 0.145. The molecule has 1 unspecified atom stereocenters. The highest BCUT2D eigenvalue weighted by molar-refractivity contribution is 7.92. The van der Waals surface area contributed by atoms with Crippen LogP contribution in [0.5, 0.6) is 0 Å². The molecule has 6 nitrogen and oxygen atoms in total. The molecule has 34 heavy (non-hydrogen) atoms. The van der Waals surface area contributed by atoms with Crippen LogP contribution in [0.25, 0.3) is 0 Å². The molecular weight excluding hydrogens is 446 g/mol. The van der Waals surface area contributed by atoms with Crippen molar-refractivity contribution < 1.29 is 13.2 Å². The molecule has 1 atom stereocenters. The number of benzene rings is 2. The molecule has 0 saturated heterocycles. The summed E-state index contributed by atoms with van der Waals surface area (Å²) in [7, 11) is -3.35. The lowest BCUT2D eigenvalue weighted by Crippen LogP contribution is -2.54. The maximum absolute atomic E-state index is 13.2. The van der Waals surface area contributed by atoms with Crippen LogP contribution in [0.4, 0.5) is 17.1 Å². The van der Waals surface area contributed by atoms with Crippen LogP contribution in [0.3, 0.4) is 0 Å². The van der Waals surface area contributed by atoms with Crippen LogP contribution in [-0.2, 0) is 16.4 Å². The van der Waals surface area contributed by atoms with E-state index in [1.165, 1.54) is 49.1 Å². The Morgan fingerprint density at radius 2 is 1.59 bits per heavy atom. The largest absolute Gasteiger partial charge is 0.378 e. The van der Waals surface area contributed by atoms with Gasteiger partial charge in [0.05, 0.1) is 23.3 Å². The van der Waals surface area contributed by atoms with Crippen molar-refractivity contribution in [2.75, 3.05) is 21.2 Å². The van der Waals surface area contributed by atoms with Gasteiger partial charge in [-0.3, -0.25) is 9.10 Å². The predicted molar refractivity (Wildman–Crippen MR) is 136 cm³/mol. The van der Waals surface area contributed by atoms with E-state index in [9.17, 15) is 13.2 Å². The topological polar surface area (TPSA) is 78.5 Å². The highest BCUT2D eigenvalue weighted by atomic mass is 32.2. The summed E-state index contributed by atoms with van der Waals surface area (Å²) >= 11 is 0. The van der Waals surface area contributed by atoms with Gasteiger partial charge in [0.15, 0.2) is 0 Å². The third kappa shape index (κ3) is 3.78. The summed E-state index contributed by atoms with van der Waals surface area (Å²) in [4.78, 5) is 13.2. The second-order valence-corrected chi connectivity index (χ2v) is 13.1. The lowest BCUT2D eigenvalue weighted by molar-refractivity contribution is 0.0107. The number of carbonyl (C=O) groups excluding carboxylic acids is 1. The van der Waals surface area contributed by atoms with Crippen molar-refractivity contribution in [1.29, 1.82) is 0 Å². The number of sulfonamides is 1. The van der Waals surface area contributed by atoms with Gasteiger partial charge in [0.1, 0.15) is 0 Å². The SMILES string of the molecule is CC1Cc2cc(C(=O)Nc3ccccc3NC34CC5CC(CC(C5)C3)C4)ccc2N1S(C)(=O)=O. The molecule has 1 amide bonds. The first kappa shape index (κ1) is 22.0. The molecule has 4 fully saturated rings. The van der Waals surface area contributed by atoms with E-state index in [4.69, 9.17) is 0 Å². The van der Waals surface area contributed by atoms with Gasteiger partial charge in [-0.1, -0.05) is 12.1 Å². The van der Waals surface area contributed by atoms with E-state index >= 15 is 0 Å². The molecule has 4 aliphatic carbocycles. The zero-order valence-electron chi connectivity index (χ0n) is 19.9. The van der Waals surface area contributed by atoms with E-state index in [0.29, 0.717) is 17.7 Å². The molecule has 180 valence electrons. The normalized spacial score (nSPS) is 31.4. The molecule has 2 aromatic carbocycles. The average Bonchev–Trinajstić information content (AvgIpc) is 3.09. The molecule has 2 N–H and O–H groups in total. The summed E-state index contributed by atoms with van der Waals surface area (Å²) in [6.45, 7) is 1.90. The number of rotatable bonds is 5. The number of nitrogens with one attached hydrogen (secondary N) is 2. The maximum Gasteiger partial charge on any atom is 0.255 e. The smallest absolute Gasteiger partial charge is 0.255 e. The van der Waals surface area contributed by atoms with Crippen LogP contribution in [-0.4, -0.2) is 32.2 Å². The second kappa shape index (κ2) is 7.74. The Morgan fingerprint density at radius 3 is 2.21 bits per heavy atom. The lowest BCUT2D eigenvalue weighted by atomic mass is 9.53. The first-order valence-corrected chi connectivity index (χ1v) is 14.3. The maximum atomic E-state index is 13.2. The highest BCUT2D eigenvalue weighted by Crippen LogP contribution is 2.56. The minimum atomic E-state index is -3.35. The molecule has 4 saturated carbocycles. The van der Waals surface area contributed by atoms with Gasteiger partial charge in [0.2, 0.25) is 10.0 Å². The molecule has 1 heterocycles. The van der Waals surface area contributed by atoms with Crippen molar-refractivity contribution in [2.24, 2.45) is 17.8 Å². The number of hydrogen-bond donors (Lipinski definition) is 2. The van der Waals surface area contributed by atoms with Crippen molar-refractivity contribution in [2.45, 2.75) is 63.5 Å². The van der Waals surface area contributed by atoms with Gasteiger partial charge in [0, 0.05) is 17.1 Å². The Balaban J connectivity index is 1.23. The Bertz CT molecular complexity index is 1220. The number of carbonyl (C=O) groups is 1. The Labute approximate surface area is 202 Å². The van der Waals surface area contributed by atoms with E-state index in [1.807, 2.05) is 31.2 Å². The number of fused-ring (bicyclic) bond motifs is 1. The molecule has 2 aromatic rings. The third-order valence-corrected chi connectivity index (χ3v) is 9.74. The van der Waals surface area contributed by atoms with Crippen molar-refractivity contribution in [3.05, 3.63) is 53.6 Å². The van der Waals surface area contributed by atoms with Crippen LogP contribution in [0, 0.1) is 17.8 Å².